The molecule has 0 saturated carbocycles. The summed E-state index contributed by atoms with van der Waals surface area (Å²) in [7, 11) is -0.179. The predicted molar refractivity (Wildman–Crippen MR) is 114 cm³/mol. The van der Waals surface area contributed by atoms with Crippen molar-refractivity contribution in [3.05, 3.63) is 29.8 Å². The quantitative estimate of drug-likeness (QED) is 0.428. The average molecular weight is 395 g/mol. The molecule has 0 heterocycles. The lowest BCUT2D eigenvalue weighted by Gasteiger charge is -2.36. The van der Waals surface area contributed by atoms with Gasteiger partial charge in [0.05, 0.1) is 12.2 Å². The normalized spacial score (nSPS) is 17.1. The van der Waals surface area contributed by atoms with E-state index in [0.717, 1.165) is 30.4 Å². The van der Waals surface area contributed by atoms with Crippen molar-refractivity contribution >= 4 is 14.6 Å². The number of carbonyl (C=O) groups excluding carboxylic acids is 1. The average Bonchev–Trinajstić information content (AvgIpc) is 2.59. The highest BCUT2D eigenvalue weighted by molar-refractivity contribution is 6.74. The summed E-state index contributed by atoms with van der Waals surface area (Å²) in [6.07, 6.45) is 1.70. The van der Waals surface area contributed by atoms with E-state index >= 15 is 0 Å². The summed E-state index contributed by atoms with van der Waals surface area (Å²) < 4.78 is 12.1. The Kier molecular flexibility index (Phi) is 8.71. The van der Waals surface area contributed by atoms with Gasteiger partial charge in [0, 0.05) is 13.0 Å². The molecule has 5 heteroatoms. The number of carbonyl (C=O) groups is 1. The topological polar surface area (TPSA) is 55.8 Å². The predicted octanol–water partition coefficient (Wildman–Crippen LogP) is 5.37. The summed E-state index contributed by atoms with van der Waals surface area (Å²) in [5.74, 6) is 0.584. The molecular weight excluding hydrogens is 356 g/mol. The molecule has 1 rings (SSSR count). The Morgan fingerprint density at radius 2 is 1.81 bits per heavy atom. The molecule has 0 aromatic heterocycles. The van der Waals surface area contributed by atoms with Gasteiger partial charge < -0.3 is 19.1 Å². The summed E-state index contributed by atoms with van der Waals surface area (Å²) >= 11 is 0. The fourth-order valence-electron chi connectivity index (χ4n) is 2.83. The number of aldehydes is 1. The van der Waals surface area contributed by atoms with Crippen molar-refractivity contribution in [2.24, 2.45) is 11.8 Å². The van der Waals surface area contributed by atoms with Gasteiger partial charge in [0.1, 0.15) is 12.0 Å². The van der Waals surface area contributed by atoms with E-state index in [4.69, 9.17) is 9.16 Å². The van der Waals surface area contributed by atoms with E-state index in [1.165, 1.54) is 0 Å². The molecule has 0 saturated heterocycles. The van der Waals surface area contributed by atoms with E-state index in [1.54, 1.807) is 14.0 Å². The van der Waals surface area contributed by atoms with Crippen LogP contribution in [0.3, 0.4) is 0 Å². The lowest BCUT2D eigenvalue weighted by molar-refractivity contribution is -0.114. The molecule has 4 nitrogen and oxygen atoms in total. The molecule has 4 unspecified atom stereocenters. The van der Waals surface area contributed by atoms with Gasteiger partial charge in [0.2, 0.25) is 8.32 Å². The highest BCUT2D eigenvalue weighted by Gasteiger charge is 2.39. The zero-order chi connectivity index (χ0) is 20.8. The van der Waals surface area contributed by atoms with Gasteiger partial charge in [-0.1, -0.05) is 46.8 Å². The highest BCUT2D eigenvalue weighted by Crippen LogP contribution is 2.38. The lowest BCUT2D eigenvalue weighted by Crippen LogP contribution is -2.43. The standard InChI is InChI=1S/C22H38O4Si/c1-16(21(24)17(2)15-23)12-13-20(25-6)18-10-9-11-19(14-18)26-27(7,8)22(3,4)5/h9-11,14-17,20-21,24H,12-13H2,1-8H3. The second-order valence-electron chi connectivity index (χ2n) is 9.20. The van der Waals surface area contributed by atoms with Crippen molar-refractivity contribution in [2.45, 2.75) is 77.8 Å². The molecule has 1 aromatic rings. The number of hydrogen-bond acceptors (Lipinski definition) is 4. The van der Waals surface area contributed by atoms with Crippen LogP contribution in [0.25, 0.3) is 0 Å². The Labute approximate surface area is 166 Å². The largest absolute Gasteiger partial charge is 0.543 e. The van der Waals surface area contributed by atoms with Crippen LogP contribution >= 0.6 is 0 Å². The van der Waals surface area contributed by atoms with E-state index in [-0.39, 0.29) is 23.0 Å². The first kappa shape index (κ1) is 23.9. The molecule has 0 aliphatic heterocycles. The zero-order valence-electron chi connectivity index (χ0n) is 18.3. The van der Waals surface area contributed by atoms with Crippen LogP contribution in [0.15, 0.2) is 24.3 Å². The maximum atomic E-state index is 10.9. The van der Waals surface area contributed by atoms with Crippen LogP contribution in [0, 0.1) is 11.8 Å². The van der Waals surface area contributed by atoms with Crippen molar-refractivity contribution in [3.8, 4) is 5.75 Å². The number of aliphatic hydroxyl groups excluding tert-OH is 1. The van der Waals surface area contributed by atoms with E-state index in [0.29, 0.717) is 0 Å². The number of benzene rings is 1. The maximum absolute atomic E-state index is 10.9. The minimum absolute atomic E-state index is 0.0366. The Morgan fingerprint density at radius 1 is 1.19 bits per heavy atom. The summed E-state index contributed by atoms with van der Waals surface area (Å²) in [5, 5.41) is 10.3. The number of hydrogen-bond donors (Lipinski definition) is 1. The lowest BCUT2D eigenvalue weighted by atomic mass is 9.89. The third-order valence-corrected chi connectivity index (χ3v) is 10.3. The molecule has 154 valence electrons. The Morgan fingerprint density at radius 3 is 2.33 bits per heavy atom. The number of methoxy groups -OCH3 is 1. The third-order valence-electron chi connectivity index (χ3n) is 5.91. The van der Waals surface area contributed by atoms with E-state index in [9.17, 15) is 9.90 Å². The molecule has 0 fully saturated rings. The molecule has 27 heavy (non-hydrogen) atoms. The van der Waals surface area contributed by atoms with Gasteiger partial charge in [-0.05, 0) is 54.6 Å². The van der Waals surface area contributed by atoms with Crippen molar-refractivity contribution in [2.75, 3.05) is 7.11 Å². The SMILES string of the molecule is COC(CCC(C)C(O)C(C)C=O)c1cccc(O[Si](C)(C)C(C)(C)C)c1. The first-order valence-electron chi connectivity index (χ1n) is 9.88. The van der Waals surface area contributed by atoms with Crippen LogP contribution in [-0.4, -0.2) is 32.9 Å². The minimum Gasteiger partial charge on any atom is -0.543 e. The molecule has 1 N–H and O–H groups in total. The molecule has 0 bridgehead atoms. The van der Waals surface area contributed by atoms with Gasteiger partial charge in [-0.2, -0.15) is 0 Å². The van der Waals surface area contributed by atoms with Crippen molar-refractivity contribution < 1.29 is 19.1 Å². The van der Waals surface area contributed by atoms with Crippen LogP contribution < -0.4 is 4.43 Å². The fourth-order valence-corrected chi connectivity index (χ4v) is 3.85. The monoisotopic (exact) mass is 394 g/mol. The van der Waals surface area contributed by atoms with Crippen molar-refractivity contribution in [3.63, 3.8) is 0 Å². The summed E-state index contributed by atoms with van der Waals surface area (Å²) in [5.41, 5.74) is 1.08. The molecule has 0 radical (unpaired) electrons. The number of rotatable bonds is 10. The van der Waals surface area contributed by atoms with Gasteiger partial charge in [-0.3, -0.25) is 0 Å². The van der Waals surface area contributed by atoms with Crippen molar-refractivity contribution in [1.29, 1.82) is 0 Å². The molecule has 0 amide bonds. The second kappa shape index (κ2) is 9.85. The summed E-state index contributed by atoms with van der Waals surface area (Å²) in [6, 6.07) is 8.15. The summed E-state index contributed by atoms with van der Waals surface area (Å²) in [4.78, 5) is 10.9. The zero-order valence-corrected chi connectivity index (χ0v) is 19.3. The van der Waals surface area contributed by atoms with E-state index in [2.05, 4.69) is 46.0 Å². The summed E-state index contributed by atoms with van der Waals surface area (Å²) in [6.45, 7) is 14.9. The third kappa shape index (κ3) is 6.73. The van der Waals surface area contributed by atoms with E-state index < -0.39 is 14.4 Å². The maximum Gasteiger partial charge on any atom is 0.250 e. The van der Waals surface area contributed by atoms with Crippen LogP contribution in [0.1, 0.15) is 59.1 Å². The Bertz CT molecular complexity index is 594. The molecule has 0 aliphatic rings. The second-order valence-corrected chi connectivity index (χ2v) is 13.9. The van der Waals surface area contributed by atoms with Crippen LogP contribution in [0.4, 0.5) is 0 Å². The number of ether oxygens (including phenoxy) is 1. The molecule has 4 atom stereocenters. The highest BCUT2D eigenvalue weighted by atomic mass is 28.4. The Balaban J connectivity index is 2.83. The van der Waals surface area contributed by atoms with Gasteiger partial charge in [0.25, 0.3) is 0 Å². The Hall–Kier alpha value is -1.17. The van der Waals surface area contributed by atoms with Gasteiger partial charge in [0.15, 0.2) is 0 Å². The minimum atomic E-state index is -1.89. The van der Waals surface area contributed by atoms with Gasteiger partial charge in [-0.15, -0.1) is 0 Å². The van der Waals surface area contributed by atoms with Crippen molar-refractivity contribution in [1.82, 2.24) is 0 Å². The smallest absolute Gasteiger partial charge is 0.250 e. The van der Waals surface area contributed by atoms with Gasteiger partial charge in [-0.25, -0.2) is 0 Å². The molecule has 1 aromatic carbocycles. The molecule has 0 aliphatic carbocycles. The first-order chi connectivity index (χ1) is 12.4. The van der Waals surface area contributed by atoms with Crippen LogP contribution in [0.2, 0.25) is 18.1 Å². The number of aliphatic hydroxyl groups is 1. The fraction of sp³-hybridized carbons (Fsp3) is 0.682. The molecular formula is C22H38O4Si. The molecule has 0 spiro atoms. The van der Waals surface area contributed by atoms with Crippen LogP contribution in [-0.2, 0) is 9.53 Å². The van der Waals surface area contributed by atoms with Crippen LogP contribution in [0.5, 0.6) is 5.75 Å². The van der Waals surface area contributed by atoms with E-state index in [1.807, 2.05) is 19.1 Å². The first-order valence-corrected chi connectivity index (χ1v) is 12.8. The van der Waals surface area contributed by atoms with Gasteiger partial charge >= 0.3 is 0 Å².